The topological polar surface area (TPSA) is 0 Å². The lowest BCUT2D eigenvalue weighted by Crippen LogP contribution is -2.26. The average Bonchev–Trinajstić information content (AvgIpc) is 3.05. The molecule has 0 aromatic heterocycles. The van der Waals surface area contributed by atoms with Crippen LogP contribution in [0.3, 0.4) is 0 Å². The molecule has 0 aliphatic heterocycles. The van der Waals surface area contributed by atoms with Crippen molar-refractivity contribution in [1.82, 2.24) is 0 Å². The van der Waals surface area contributed by atoms with Gasteiger partial charge in [-0.3, -0.25) is 0 Å². The fourth-order valence-corrected chi connectivity index (χ4v) is 5.19. The molecule has 1 atom stereocenters. The molecule has 3 aromatic rings. The molecule has 0 heterocycles. The summed E-state index contributed by atoms with van der Waals surface area (Å²) < 4.78 is 1.14. The second kappa shape index (κ2) is 11.2. The van der Waals surface area contributed by atoms with Crippen LogP contribution in [-0.4, -0.2) is 5.88 Å². The third-order valence-electron chi connectivity index (χ3n) is 5.94. The average molecular weight is 508 g/mol. The second-order valence-corrected chi connectivity index (χ2v) is 9.99. The van der Waals surface area contributed by atoms with Crippen molar-refractivity contribution < 1.29 is 0 Å². The van der Waals surface area contributed by atoms with Gasteiger partial charge in [-0.2, -0.15) is 0 Å². The second-order valence-electron chi connectivity index (χ2n) is 8.76. The van der Waals surface area contributed by atoms with E-state index in [1.165, 1.54) is 39.0 Å². The third-order valence-corrected chi connectivity index (χ3v) is 6.59. The molecule has 1 aliphatic rings. The molecule has 1 unspecified atom stereocenters. The molecule has 0 nitrogen and oxygen atoms in total. The molecular formula is C30H32BrCl. The van der Waals surface area contributed by atoms with Crippen molar-refractivity contribution in [3.8, 4) is 11.1 Å². The van der Waals surface area contributed by atoms with Crippen molar-refractivity contribution in [2.24, 2.45) is 0 Å². The van der Waals surface area contributed by atoms with Crippen molar-refractivity contribution in [3.05, 3.63) is 117 Å². The van der Waals surface area contributed by atoms with Gasteiger partial charge in [0.1, 0.15) is 0 Å². The fourth-order valence-electron chi connectivity index (χ4n) is 4.52. The molecule has 4 rings (SSSR count). The Morgan fingerprint density at radius 2 is 1.41 bits per heavy atom. The highest BCUT2D eigenvalue weighted by molar-refractivity contribution is 9.10. The molecule has 1 aliphatic carbocycles. The Morgan fingerprint density at radius 3 is 2.03 bits per heavy atom. The Balaban J connectivity index is 0.000000427. The van der Waals surface area contributed by atoms with E-state index in [0.717, 1.165) is 17.3 Å². The van der Waals surface area contributed by atoms with E-state index in [1.54, 1.807) is 0 Å². The van der Waals surface area contributed by atoms with Gasteiger partial charge in [0.05, 0.1) is 0 Å². The van der Waals surface area contributed by atoms with Gasteiger partial charge in [0, 0.05) is 15.8 Å². The molecule has 0 radical (unpaired) electrons. The van der Waals surface area contributed by atoms with Crippen molar-refractivity contribution in [2.75, 3.05) is 5.88 Å². The minimum Gasteiger partial charge on any atom is -0.122 e. The molecule has 166 valence electrons. The Hall–Kier alpha value is -2.09. The van der Waals surface area contributed by atoms with E-state index in [4.69, 9.17) is 11.6 Å². The predicted molar refractivity (Wildman–Crippen MR) is 145 cm³/mol. The SMILES string of the molecule is CC(C)=CCCC1(c2ccccc2)c2ccccc2-c2ccc(Br)cc21.CC(C)=CCCl. The van der Waals surface area contributed by atoms with E-state index in [2.05, 4.69) is 109 Å². The minimum atomic E-state index is -0.0943. The largest absolute Gasteiger partial charge is 0.122 e. The van der Waals surface area contributed by atoms with Crippen LogP contribution in [0.2, 0.25) is 0 Å². The van der Waals surface area contributed by atoms with E-state index < -0.39 is 0 Å². The summed E-state index contributed by atoms with van der Waals surface area (Å²) in [6.07, 6.45) is 6.48. The van der Waals surface area contributed by atoms with Crippen LogP contribution < -0.4 is 0 Å². The first kappa shape index (κ1) is 24.6. The number of alkyl halides is 1. The van der Waals surface area contributed by atoms with E-state index >= 15 is 0 Å². The molecule has 0 N–H and O–H groups in total. The lowest BCUT2D eigenvalue weighted by atomic mass is 9.69. The highest BCUT2D eigenvalue weighted by atomic mass is 79.9. The predicted octanol–water partition coefficient (Wildman–Crippen LogP) is 9.70. The number of rotatable bonds is 5. The van der Waals surface area contributed by atoms with Gasteiger partial charge < -0.3 is 0 Å². The van der Waals surface area contributed by atoms with Gasteiger partial charge >= 0.3 is 0 Å². The lowest BCUT2D eigenvalue weighted by Gasteiger charge is -2.33. The number of allylic oxidation sites excluding steroid dienone is 4. The number of hydrogen-bond donors (Lipinski definition) is 0. The van der Waals surface area contributed by atoms with E-state index in [9.17, 15) is 0 Å². The number of halogens is 2. The summed E-state index contributed by atoms with van der Waals surface area (Å²) in [4.78, 5) is 0. The summed E-state index contributed by atoms with van der Waals surface area (Å²) in [6, 6.07) is 26.7. The van der Waals surface area contributed by atoms with Gasteiger partial charge in [0.15, 0.2) is 0 Å². The molecule has 0 fully saturated rings. The van der Waals surface area contributed by atoms with Crippen molar-refractivity contribution in [3.63, 3.8) is 0 Å². The van der Waals surface area contributed by atoms with Crippen molar-refractivity contribution in [1.29, 1.82) is 0 Å². The molecule has 0 amide bonds. The van der Waals surface area contributed by atoms with Gasteiger partial charge in [0.25, 0.3) is 0 Å². The Morgan fingerprint density at radius 1 is 0.781 bits per heavy atom. The van der Waals surface area contributed by atoms with Gasteiger partial charge in [-0.25, -0.2) is 0 Å². The summed E-state index contributed by atoms with van der Waals surface area (Å²) >= 11 is 9.03. The summed E-state index contributed by atoms with van der Waals surface area (Å²) in [6.45, 7) is 8.43. The molecule has 2 heteroatoms. The normalized spacial score (nSPS) is 15.7. The Labute approximate surface area is 207 Å². The van der Waals surface area contributed by atoms with Gasteiger partial charge in [-0.05, 0) is 80.5 Å². The van der Waals surface area contributed by atoms with Crippen molar-refractivity contribution in [2.45, 2.75) is 46.0 Å². The maximum Gasteiger partial charge on any atom is 0.0466 e. The van der Waals surface area contributed by atoms with E-state index in [-0.39, 0.29) is 5.41 Å². The highest BCUT2D eigenvalue weighted by Gasteiger charge is 2.43. The zero-order chi connectivity index (χ0) is 23.1. The number of hydrogen-bond acceptors (Lipinski definition) is 0. The summed E-state index contributed by atoms with van der Waals surface area (Å²) in [5.74, 6) is 0.641. The smallest absolute Gasteiger partial charge is 0.0466 e. The molecular weight excluding hydrogens is 476 g/mol. The molecule has 0 saturated carbocycles. The summed E-state index contributed by atoms with van der Waals surface area (Å²) in [7, 11) is 0. The molecule has 0 spiro atoms. The Bertz CT molecular complexity index is 1100. The van der Waals surface area contributed by atoms with Crippen LogP contribution in [0, 0.1) is 0 Å². The first-order chi connectivity index (χ1) is 15.4. The first-order valence-corrected chi connectivity index (χ1v) is 12.5. The quantitative estimate of drug-likeness (QED) is 0.238. The first-order valence-electron chi connectivity index (χ1n) is 11.2. The van der Waals surface area contributed by atoms with Crippen LogP contribution in [0.25, 0.3) is 11.1 Å². The summed E-state index contributed by atoms with van der Waals surface area (Å²) in [5.41, 5.74) is 9.54. The fraction of sp³-hybridized carbons (Fsp3) is 0.267. The molecule has 3 aromatic carbocycles. The van der Waals surface area contributed by atoms with Crippen LogP contribution >= 0.6 is 27.5 Å². The van der Waals surface area contributed by atoms with E-state index in [0.29, 0.717) is 5.88 Å². The highest BCUT2D eigenvalue weighted by Crippen LogP contribution is 2.55. The van der Waals surface area contributed by atoms with Gasteiger partial charge in [0.2, 0.25) is 0 Å². The minimum absolute atomic E-state index is 0.0943. The van der Waals surface area contributed by atoms with Crippen LogP contribution in [-0.2, 0) is 5.41 Å². The van der Waals surface area contributed by atoms with Gasteiger partial charge in [-0.1, -0.05) is 99.9 Å². The summed E-state index contributed by atoms with van der Waals surface area (Å²) in [5, 5.41) is 0. The monoisotopic (exact) mass is 506 g/mol. The van der Waals surface area contributed by atoms with Crippen LogP contribution in [0.1, 0.15) is 57.2 Å². The van der Waals surface area contributed by atoms with Crippen LogP contribution in [0.4, 0.5) is 0 Å². The lowest BCUT2D eigenvalue weighted by molar-refractivity contribution is 0.578. The molecule has 0 bridgehead atoms. The van der Waals surface area contributed by atoms with Crippen molar-refractivity contribution >= 4 is 27.5 Å². The van der Waals surface area contributed by atoms with Gasteiger partial charge in [-0.15, -0.1) is 11.6 Å². The third kappa shape index (κ3) is 5.27. The maximum absolute atomic E-state index is 5.32. The standard InChI is InChI=1S/C25H23Br.C5H9Cl/c1-18(2)9-8-16-25(19-10-4-3-5-11-19)23-13-7-6-12-21(23)22-15-14-20(26)17-24(22)25;1-5(2)3-4-6/h3-7,9-15,17H,8,16H2,1-2H3;3H,4H2,1-2H3. The number of fused-ring (bicyclic) bond motifs is 3. The number of benzene rings is 3. The zero-order valence-corrected chi connectivity index (χ0v) is 21.8. The van der Waals surface area contributed by atoms with Crippen LogP contribution in [0.5, 0.6) is 0 Å². The molecule has 0 saturated heterocycles. The van der Waals surface area contributed by atoms with E-state index in [1.807, 2.05) is 19.9 Å². The Kier molecular flexibility index (Phi) is 8.57. The molecule has 32 heavy (non-hydrogen) atoms. The van der Waals surface area contributed by atoms with Crippen LogP contribution in [0.15, 0.2) is 101 Å². The zero-order valence-electron chi connectivity index (χ0n) is 19.5. The maximum atomic E-state index is 5.32.